The minimum absolute atomic E-state index is 0.0449. The van der Waals surface area contributed by atoms with Gasteiger partial charge in [-0.25, -0.2) is 4.79 Å². The number of aliphatic hydroxyl groups excluding tert-OH is 2. The van der Waals surface area contributed by atoms with Crippen LogP contribution < -0.4 is 0 Å². The lowest BCUT2D eigenvalue weighted by atomic mass is 9.98. The maximum absolute atomic E-state index is 13.1. The summed E-state index contributed by atoms with van der Waals surface area (Å²) in [4.78, 5) is 51.2. The van der Waals surface area contributed by atoms with Crippen LogP contribution in [0.5, 0.6) is 0 Å². The van der Waals surface area contributed by atoms with Gasteiger partial charge in [0.25, 0.3) is 0 Å². The summed E-state index contributed by atoms with van der Waals surface area (Å²) < 4.78 is 28.5. The van der Waals surface area contributed by atoms with Gasteiger partial charge in [0, 0.05) is 19.3 Å². The summed E-state index contributed by atoms with van der Waals surface area (Å²) in [6.07, 6.45) is 56.1. The summed E-state index contributed by atoms with van der Waals surface area (Å²) in [5, 5.41) is 31.5. The van der Waals surface area contributed by atoms with E-state index in [9.17, 15) is 34.5 Å². The number of ether oxygens (including phenoxy) is 5. The number of hydrogen-bond donors (Lipinski definition) is 3. The minimum atomic E-state index is -1.91. The maximum Gasteiger partial charge on any atom is 0.335 e. The van der Waals surface area contributed by atoms with E-state index in [4.69, 9.17) is 23.7 Å². The van der Waals surface area contributed by atoms with Crippen molar-refractivity contribution in [3.05, 3.63) is 60.8 Å². The average molecular weight is 1110 g/mol. The lowest BCUT2D eigenvalue weighted by Crippen LogP contribution is -2.61. The van der Waals surface area contributed by atoms with Crippen LogP contribution in [0.4, 0.5) is 0 Å². The van der Waals surface area contributed by atoms with Crippen molar-refractivity contribution in [2.24, 2.45) is 0 Å². The van der Waals surface area contributed by atoms with Crippen molar-refractivity contribution in [2.45, 2.75) is 327 Å². The van der Waals surface area contributed by atoms with Crippen LogP contribution in [0.15, 0.2) is 60.8 Å². The number of carbonyl (C=O) groups is 4. The molecule has 0 aromatic heterocycles. The molecule has 456 valence electrons. The molecule has 0 aliphatic carbocycles. The van der Waals surface area contributed by atoms with E-state index in [1.54, 1.807) is 0 Å². The van der Waals surface area contributed by atoms with Crippen molar-refractivity contribution in [1.82, 2.24) is 0 Å². The van der Waals surface area contributed by atoms with Crippen molar-refractivity contribution in [3.8, 4) is 0 Å². The van der Waals surface area contributed by atoms with Gasteiger partial charge in [0.2, 0.25) is 0 Å². The Hall–Kier alpha value is -3.58. The van der Waals surface area contributed by atoms with E-state index >= 15 is 0 Å². The highest BCUT2D eigenvalue weighted by Gasteiger charge is 2.50. The highest BCUT2D eigenvalue weighted by Crippen LogP contribution is 2.27. The van der Waals surface area contributed by atoms with E-state index in [0.717, 1.165) is 109 Å². The molecule has 12 nitrogen and oxygen atoms in total. The van der Waals surface area contributed by atoms with Gasteiger partial charge in [-0.3, -0.25) is 14.4 Å². The fraction of sp³-hybridized carbons (Fsp3) is 0.791. The molecule has 0 spiro atoms. The second kappa shape index (κ2) is 55.0. The zero-order valence-electron chi connectivity index (χ0n) is 50.4. The molecule has 1 fully saturated rings. The first kappa shape index (κ1) is 73.4. The standard InChI is InChI=1S/C67H116O12/c1-4-7-10-13-16-19-22-24-26-28-30-32-34-36-39-41-44-47-50-53-59(68)75-56-58(77-60(69)54-51-48-45-42-38-21-18-15-12-9-6-3)57-76-67-65(63(72)62(71)64(79-67)66(73)74)78-61(70)55-52-49-46-43-40-37-35-33-31-29-27-25-23-20-17-14-11-8-5-2/h15,17-18,20,24-27,31,33,58,62-65,67,71-72H,4-14,16,19,21-23,28-30,32,34-57H2,1-3H3,(H,73,74)/b18-15-,20-17-,26-24-,27-25-,33-31-. The maximum atomic E-state index is 13.1. The van der Waals surface area contributed by atoms with Crippen molar-refractivity contribution in [2.75, 3.05) is 13.2 Å². The number of esters is 3. The molecule has 1 rings (SSSR count). The highest BCUT2D eigenvalue weighted by atomic mass is 16.7. The van der Waals surface area contributed by atoms with E-state index in [1.165, 1.54) is 122 Å². The van der Waals surface area contributed by atoms with Crippen LogP contribution in [0.3, 0.4) is 0 Å². The predicted molar refractivity (Wildman–Crippen MR) is 322 cm³/mol. The summed E-state index contributed by atoms with van der Waals surface area (Å²) in [6, 6.07) is 0. The predicted octanol–water partition coefficient (Wildman–Crippen LogP) is 17.1. The minimum Gasteiger partial charge on any atom is -0.479 e. The van der Waals surface area contributed by atoms with Crippen LogP contribution in [-0.2, 0) is 42.9 Å². The van der Waals surface area contributed by atoms with E-state index in [2.05, 4.69) is 81.5 Å². The number of carbonyl (C=O) groups excluding carboxylic acids is 3. The van der Waals surface area contributed by atoms with Crippen LogP contribution >= 0.6 is 0 Å². The fourth-order valence-electron chi connectivity index (χ4n) is 9.53. The number of aliphatic hydroxyl groups is 2. The van der Waals surface area contributed by atoms with Gasteiger partial charge < -0.3 is 39.0 Å². The first-order valence-corrected chi connectivity index (χ1v) is 32.3. The number of allylic oxidation sites excluding steroid dienone is 10. The zero-order valence-corrected chi connectivity index (χ0v) is 50.4. The molecule has 3 N–H and O–H groups in total. The third-order valence-electron chi connectivity index (χ3n) is 14.5. The van der Waals surface area contributed by atoms with Gasteiger partial charge in [0.15, 0.2) is 24.6 Å². The number of aliphatic carboxylic acids is 1. The van der Waals surface area contributed by atoms with Gasteiger partial charge in [0.1, 0.15) is 18.8 Å². The van der Waals surface area contributed by atoms with Gasteiger partial charge in [-0.15, -0.1) is 0 Å². The Kier molecular flexibility index (Phi) is 51.1. The SMILES string of the molecule is CCCC/C=C\CCCCCCCC(=O)OC(COC(=O)CCCCCCCCCCC/C=C\CCCCCCCC)COC1OC(C(=O)O)C(O)C(O)C1OC(=O)CCCCCCCC/C=C\C/C=C\C/C=C\CCCCC. The first-order chi connectivity index (χ1) is 38.6. The summed E-state index contributed by atoms with van der Waals surface area (Å²) in [7, 11) is 0. The summed E-state index contributed by atoms with van der Waals surface area (Å²) >= 11 is 0. The molecule has 0 amide bonds. The molecule has 0 saturated carbocycles. The lowest BCUT2D eigenvalue weighted by molar-refractivity contribution is -0.301. The van der Waals surface area contributed by atoms with Crippen LogP contribution in [0.1, 0.15) is 290 Å². The molecule has 1 aliphatic heterocycles. The van der Waals surface area contributed by atoms with Gasteiger partial charge in [-0.05, 0) is 103 Å². The monoisotopic (exact) mass is 1110 g/mol. The topological polar surface area (TPSA) is 175 Å². The van der Waals surface area contributed by atoms with Crippen LogP contribution in [0.2, 0.25) is 0 Å². The molecule has 12 heteroatoms. The molecular weight excluding hydrogens is 997 g/mol. The van der Waals surface area contributed by atoms with Gasteiger partial charge in [-0.1, -0.05) is 229 Å². The molecule has 1 aliphatic rings. The van der Waals surface area contributed by atoms with Gasteiger partial charge in [0.05, 0.1) is 6.61 Å². The molecule has 0 bridgehead atoms. The molecule has 1 heterocycles. The van der Waals surface area contributed by atoms with Crippen LogP contribution in [-0.4, -0.2) is 89.2 Å². The Labute approximate surface area is 481 Å². The molecular formula is C67H116O12. The lowest BCUT2D eigenvalue weighted by Gasteiger charge is -2.40. The Morgan fingerprint density at radius 2 is 0.772 bits per heavy atom. The number of carboxylic acid groups (broad SMARTS) is 1. The number of carboxylic acids is 1. The average Bonchev–Trinajstić information content (AvgIpc) is 3.47. The van der Waals surface area contributed by atoms with Crippen molar-refractivity contribution in [3.63, 3.8) is 0 Å². The molecule has 79 heavy (non-hydrogen) atoms. The second-order valence-corrected chi connectivity index (χ2v) is 22.0. The Bertz CT molecular complexity index is 1600. The first-order valence-electron chi connectivity index (χ1n) is 32.3. The highest BCUT2D eigenvalue weighted by molar-refractivity contribution is 5.74. The number of rotatable bonds is 55. The summed E-state index contributed by atoms with van der Waals surface area (Å²) in [6.45, 7) is 5.94. The quantitative estimate of drug-likeness (QED) is 0.0228. The van der Waals surface area contributed by atoms with Crippen LogP contribution in [0, 0.1) is 0 Å². The Morgan fingerprint density at radius 1 is 0.418 bits per heavy atom. The molecule has 1 saturated heterocycles. The molecule has 6 atom stereocenters. The third kappa shape index (κ3) is 44.7. The van der Waals surface area contributed by atoms with Crippen LogP contribution in [0.25, 0.3) is 0 Å². The zero-order chi connectivity index (χ0) is 57.5. The van der Waals surface area contributed by atoms with E-state index < -0.39 is 67.3 Å². The van der Waals surface area contributed by atoms with E-state index in [1.807, 2.05) is 0 Å². The van der Waals surface area contributed by atoms with Gasteiger partial charge in [-0.2, -0.15) is 0 Å². The number of unbranched alkanes of at least 4 members (excludes halogenated alkanes) is 31. The van der Waals surface area contributed by atoms with Crippen molar-refractivity contribution < 1.29 is 58.2 Å². The van der Waals surface area contributed by atoms with E-state index in [-0.39, 0.29) is 25.9 Å². The van der Waals surface area contributed by atoms with Crippen molar-refractivity contribution >= 4 is 23.9 Å². The Balaban J connectivity index is 2.62. The fourth-order valence-corrected chi connectivity index (χ4v) is 9.53. The van der Waals surface area contributed by atoms with Gasteiger partial charge >= 0.3 is 23.9 Å². The molecule has 0 aromatic rings. The molecule has 6 unspecified atom stereocenters. The van der Waals surface area contributed by atoms with E-state index in [0.29, 0.717) is 19.3 Å². The Morgan fingerprint density at radius 3 is 1.23 bits per heavy atom. The summed E-state index contributed by atoms with van der Waals surface area (Å²) in [5.74, 6) is -3.14. The second-order valence-electron chi connectivity index (χ2n) is 22.0. The normalized spacial score (nSPS) is 18.2. The molecule has 0 radical (unpaired) electrons. The van der Waals surface area contributed by atoms with Crippen molar-refractivity contribution in [1.29, 1.82) is 0 Å². The summed E-state index contributed by atoms with van der Waals surface area (Å²) in [5.41, 5.74) is 0. The smallest absolute Gasteiger partial charge is 0.335 e. The molecule has 0 aromatic carbocycles. The largest absolute Gasteiger partial charge is 0.479 e. The third-order valence-corrected chi connectivity index (χ3v) is 14.5. The number of hydrogen-bond acceptors (Lipinski definition) is 11.